The molecule has 0 fully saturated rings. The fourth-order valence-corrected chi connectivity index (χ4v) is 0.456. The number of thiol groups is 1. The SMILES string of the molecule is C=COCCOC(C)S. The van der Waals surface area contributed by atoms with Crippen LogP contribution in [0.1, 0.15) is 6.92 Å². The highest BCUT2D eigenvalue weighted by atomic mass is 32.1. The van der Waals surface area contributed by atoms with Crippen molar-refractivity contribution < 1.29 is 9.47 Å². The Balaban J connectivity index is 2.82. The van der Waals surface area contributed by atoms with Gasteiger partial charge < -0.3 is 9.47 Å². The first kappa shape index (κ1) is 8.85. The van der Waals surface area contributed by atoms with Gasteiger partial charge in [0.05, 0.1) is 18.3 Å². The molecule has 0 aliphatic rings. The molecule has 0 N–H and O–H groups in total. The first-order valence-corrected chi connectivity index (χ1v) is 3.31. The van der Waals surface area contributed by atoms with Crippen molar-refractivity contribution in [3.63, 3.8) is 0 Å². The first-order valence-electron chi connectivity index (χ1n) is 2.79. The highest BCUT2D eigenvalue weighted by Gasteiger charge is 1.90. The van der Waals surface area contributed by atoms with E-state index in [9.17, 15) is 0 Å². The molecule has 0 aliphatic carbocycles. The maximum absolute atomic E-state index is 5.04. The monoisotopic (exact) mass is 148 g/mol. The molecule has 0 aromatic rings. The van der Waals surface area contributed by atoms with E-state index < -0.39 is 0 Å². The van der Waals surface area contributed by atoms with Crippen LogP contribution in [0, 0.1) is 0 Å². The molecule has 2 nitrogen and oxygen atoms in total. The summed E-state index contributed by atoms with van der Waals surface area (Å²) in [5, 5.41) is 0. The predicted molar refractivity (Wildman–Crippen MR) is 40.5 cm³/mol. The van der Waals surface area contributed by atoms with E-state index in [0.29, 0.717) is 13.2 Å². The maximum Gasteiger partial charge on any atom is 0.111 e. The molecule has 0 rings (SSSR count). The van der Waals surface area contributed by atoms with Crippen molar-refractivity contribution in [2.24, 2.45) is 0 Å². The Morgan fingerprint density at radius 1 is 1.67 bits per heavy atom. The van der Waals surface area contributed by atoms with E-state index >= 15 is 0 Å². The Morgan fingerprint density at radius 3 is 2.78 bits per heavy atom. The fraction of sp³-hybridized carbons (Fsp3) is 0.667. The maximum atomic E-state index is 5.04. The van der Waals surface area contributed by atoms with Gasteiger partial charge in [-0.2, -0.15) is 0 Å². The third-order valence-electron chi connectivity index (χ3n) is 0.678. The summed E-state index contributed by atoms with van der Waals surface area (Å²) in [6.07, 6.45) is 1.40. The van der Waals surface area contributed by atoms with Crippen LogP contribution in [-0.4, -0.2) is 18.6 Å². The number of rotatable bonds is 5. The lowest BCUT2D eigenvalue weighted by molar-refractivity contribution is 0.0785. The zero-order valence-corrected chi connectivity index (χ0v) is 6.43. The minimum absolute atomic E-state index is 0.0154. The van der Waals surface area contributed by atoms with Crippen LogP contribution in [0.3, 0.4) is 0 Å². The predicted octanol–water partition coefficient (Wildman–Crippen LogP) is 1.44. The van der Waals surface area contributed by atoms with E-state index in [0.717, 1.165) is 0 Å². The van der Waals surface area contributed by atoms with E-state index in [2.05, 4.69) is 19.2 Å². The van der Waals surface area contributed by atoms with E-state index in [1.54, 1.807) is 0 Å². The second-order valence-electron chi connectivity index (χ2n) is 1.51. The van der Waals surface area contributed by atoms with Gasteiger partial charge in [-0.3, -0.25) is 0 Å². The van der Waals surface area contributed by atoms with Gasteiger partial charge in [-0.15, -0.1) is 12.6 Å². The average Bonchev–Trinajstić information content (AvgIpc) is 1.80. The average molecular weight is 148 g/mol. The zero-order valence-electron chi connectivity index (χ0n) is 5.54. The minimum Gasteiger partial charge on any atom is -0.499 e. The molecule has 0 spiro atoms. The third kappa shape index (κ3) is 7.85. The van der Waals surface area contributed by atoms with Gasteiger partial charge in [-0.1, -0.05) is 6.58 Å². The van der Waals surface area contributed by atoms with Gasteiger partial charge in [0.25, 0.3) is 0 Å². The minimum atomic E-state index is -0.0154. The van der Waals surface area contributed by atoms with Gasteiger partial charge in [-0.05, 0) is 6.92 Å². The molecular formula is C6H12O2S. The van der Waals surface area contributed by atoms with Gasteiger partial charge in [0.2, 0.25) is 0 Å². The van der Waals surface area contributed by atoms with Crippen molar-refractivity contribution in [1.29, 1.82) is 0 Å². The van der Waals surface area contributed by atoms with Gasteiger partial charge in [-0.25, -0.2) is 0 Å². The Morgan fingerprint density at radius 2 is 2.33 bits per heavy atom. The molecule has 0 amide bonds. The van der Waals surface area contributed by atoms with Gasteiger partial charge in [0.15, 0.2) is 0 Å². The molecule has 1 unspecified atom stereocenters. The van der Waals surface area contributed by atoms with Crippen molar-refractivity contribution >= 4 is 12.6 Å². The Hall–Kier alpha value is -0.150. The Kier molecular flexibility index (Phi) is 5.88. The molecular weight excluding hydrogens is 136 g/mol. The lowest BCUT2D eigenvalue weighted by atomic mass is 10.7. The van der Waals surface area contributed by atoms with E-state index in [4.69, 9.17) is 9.47 Å². The summed E-state index contributed by atoms with van der Waals surface area (Å²) >= 11 is 4.00. The molecule has 0 radical (unpaired) electrons. The zero-order chi connectivity index (χ0) is 7.11. The lowest BCUT2D eigenvalue weighted by Gasteiger charge is -2.04. The van der Waals surface area contributed by atoms with Crippen LogP contribution >= 0.6 is 12.6 Å². The number of hydrogen-bond donors (Lipinski definition) is 1. The molecule has 0 aromatic carbocycles. The van der Waals surface area contributed by atoms with Crippen LogP contribution in [0.2, 0.25) is 0 Å². The summed E-state index contributed by atoms with van der Waals surface area (Å²) in [4.78, 5) is 0. The Bertz CT molecular complexity index is 73.5. The van der Waals surface area contributed by atoms with Crippen molar-refractivity contribution in [2.45, 2.75) is 12.4 Å². The smallest absolute Gasteiger partial charge is 0.111 e. The van der Waals surface area contributed by atoms with E-state index in [1.165, 1.54) is 6.26 Å². The second kappa shape index (κ2) is 5.98. The van der Waals surface area contributed by atoms with Gasteiger partial charge >= 0.3 is 0 Å². The molecule has 0 aromatic heterocycles. The highest BCUT2D eigenvalue weighted by Crippen LogP contribution is 1.93. The topological polar surface area (TPSA) is 18.5 Å². The normalized spacial score (nSPS) is 12.7. The second-order valence-corrected chi connectivity index (χ2v) is 2.23. The van der Waals surface area contributed by atoms with Crippen LogP contribution < -0.4 is 0 Å². The summed E-state index contributed by atoms with van der Waals surface area (Å²) in [6.45, 7) is 6.35. The van der Waals surface area contributed by atoms with Crippen LogP contribution in [-0.2, 0) is 9.47 Å². The fourth-order valence-electron chi connectivity index (χ4n) is 0.350. The molecule has 0 heterocycles. The van der Waals surface area contributed by atoms with Gasteiger partial charge in [0.1, 0.15) is 6.61 Å². The molecule has 1 atom stereocenters. The first-order chi connectivity index (χ1) is 4.27. The van der Waals surface area contributed by atoms with Crippen molar-refractivity contribution in [2.75, 3.05) is 13.2 Å². The standard InChI is InChI=1S/C6H12O2S/c1-3-7-4-5-8-6(2)9/h3,6,9H,1,4-5H2,2H3. The van der Waals surface area contributed by atoms with E-state index in [-0.39, 0.29) is 5.44 Å². The quantitative estimate of drug-likeness (QED) is 0.275. The highest BCUT2D eigenvalue weighted by molar-refractivity contribution is 7.80. The van der Waals surface area contributed by atoms with Crippen LogP contribution in [0.4, 0.5) is 0 Å². The van der Waals surface area contributed by atoms with Crippen molar-refractivity contribution in [3.05, 3.63) is 12.8 Å². The van der Waals surface area contributed by atoms with E-state index in [1.807, 2.05) is 6.92 Å². The number of hydrogen-bond acceptors (Lipinski definition) is 3. The summed E-state index contributed by atoms with van der Waals surface area (Å²) in [5.74, 6) is 0. The lowest BCUT2D eigenvalue weighted by Crippen LogP contribution is -2.05. The summed E-state index contributed by atoms with van der Waals surface area (Å²) in [5.41, 5.74) is -0.0154. The molecule has 3 heteroatoms. The van der Waals surface area contributed by atoms with Crippen LogP contribution in [0.15, 0.2) is 12.8 Å². The van der Waals surface area contributed by atoms with Crippen molar-refractivity contribution in [3.8, 4) is 0 Å². The molecule has 0 saturated heterocycles. The Labute approximate surface area is 61.3 Å². The number of ether oxygens (including phenoxy) is 2. The molecule has 9 heavy (non-hydrogen) atoms. The summed E-state index contributed by atoms with van der Waals surface area (Å²) < 4.78 is 9.82. The van der Waals surface area contributed by atoms with Crippen LogP contribution in [0.5, 0.6) is 0 Å². The van der Waals surface area contributed by atoms with Crippen molar-refractivity contribution in [1.82, 2.24) is 0 Å². The molecule has 0 aliphatic heterocycles. The molecule has 54 valence electrons. The summed E-state index contributed by atoms with van der Waals surface area (Å²) in [6, 6.07) is 0. The molecule has 0 bridgehead atoms. The van der Waals surface area contributed by atoms with Crippen LogP contribution in [0.25, 0.3) is 0 Å². The molecule has 0 saturated carbocycles. The third-order valence-corrected chi connectivity index (χ3v) is 0.827. The summed E-state index contributed by atoms with van der Waals surface area (Å²) in [7, 11) is 0. The van der Waals surface area contributed by atoms with Gasteiger partial charge in [0, 0.05) is 0 Å². The largest absolute Gasteiger partial charge is 0.499 e.